The third kappa shape index (κ3) is 6.23. The summed E-state index contributed by atoms with van der Waals surface area (Å²) < 4.78 is 7.90. The van der Waals surface area contributed by atoms with Crippen LogP contribution in [0.25, 0.3) is 0 Å². The second-order valence-corrected chi connectivity index (χ2v) is 7.13. The number of ether oxygens (including phenoxy) is 1. The topological polar surface area (TPSA) is 76.4 Å². The van der Waals surface area contributed by atoms with Gasteiger partial charge in [0.15, 0.2) is 11.8 Å². The van der Waals surface area contributed by atoms with Gasteiger partial charge in [-0.1, -0.05) is 18.5 Å². The number of rotatable bonds is 6. The molecule has 1 aliphatic rings. The van der Waals surface area contributed by atoms with E-state index >= 15 is 0 Å². The summed E-state index contributed by atoms with van der Waals surface area (Å²) in [6.45, 7) is 5.54. The summed E-state index contributed by atoms with van der Waals surface area (Å²) in [6, 6.07) is 7.66. The first-order valence-corrected chi connectivity index (χ1v) is 9.77. The predicted molar refractivity (Wildman–Crippen MR) is 123 cm³/mol. The van der Waals surface area contributed by atoms with Crippen LogP contribution in [0.15, 0.2) is 29.3 Å². The summed E-state index contributed by atoms with van der Waals surface area (Å²) >= 11 is 5.90. The maximum atomic E-state index is 5.90. The van der Waals surface area contributed by atoms with Crippen LogP contribution < -0.4 is 15.4 Å². The molecule has 28 heavy (non-hydrogen) atoms. The van der Waals surface area contributed by atoms with Crippen LogP contribution in [0.1, 0.15) is 31.9 Å². The van der Waals surface area contributed by atoms with Crippen molar-refractivity contribution in [2.75, 3.05) is 13.6 Å². The standard InChI is InChI=1S/C19H27ClN6O.HI/c1-4-17-24-18-10-7-15(12-26(18)25-17)23-19(21-3)22-11-13(2)27-16-8-5-14(20)6-9-16;/h5-6,8-9,13,15H,4,7,10-12H2,1-3H3,(H2,21,22,23);1H. The van der Waals surface area contributed by atoms with Gasteiger partial charge < -0.3 is 15.4 Å². The molecule has 3 rings (SSSR count). The van der Waals surface area contributed by atoms with Crippen molar-refractivity contribution in [3.8, 4) is 5.75 Å². The number of aliphatic imine (C=N–C) groups is 1. The molecule has 2 heterocycles. The molecule has 154 valence electrons. The Labute approximate surface area is 188 Å². The van der Waals surface area contributed by atoms with Crippen LogP contribution in [-0.4, -0.2) is 46.5 Å². The number of benzene rings is 1. The molecule has 1 aromatic heterocycles. The zero-order chi connectivity index (χ0) is 19.2. The number of fused-ring (bicyclic) bond motifs is 1. The molecule has 0 saturated heterocycles. The van der Waals surface area contributed by atoms with Crippen LogP contribution in [0.5, 0.6) is 5.75 Å². The van der Waals surface area contributed by atoms with E-state index in [0.29, 0.717) is 11.6 Å². The number of aryl methyl sites for hydroxylation is 2. The van der Waals surface area contributed by atoms with Gasteiger partial charge in [-0.2, -0.15) is 5.10 Å². The lowest BCUT2D eigenvalue weighted by Crippen LogP contribution is -2.48. The number of guanidine groups is 1. The number of nitrogens with one attached hydrogen (secondary N) is 2. The van der Waals surface area contributed by atoms with Gasteiger partial charge in [0.25, 0.3) is 0 Å². The summed E-state index contributed by atoms with van der Waals surface area (Å²) in [5, 5.41) is 12.1. The Morgan fingerprint density at radius 2 is 2.14 bits per heavy atom. The van der Waals surface area contributed by atoms with Crippen molar-refractivity contribution in [1.29, 1.82) is 0 Å². The monoisotopic (exact) mass is 518 g/mol. The van der Waals surface area contributed by atoms with E-state index in [2.05, 4.69) is 32.6 Å². The predicted octanol–water partition coefficient (Wildman–Crippen LogP) is 3.06. The molecule has 0 fully saturated rings. The molecule has 0 bridgehead atoms. The van der Waals surface area contributed by atoms with Gasteiger partial charge >= 0.3 is 0 Å². The lowest BCUT2D eigenvalue weighted by molar-refractivity contribution is 0.223. The molecule has 1 aromatic carbocycles. The maximum Gasteiger partial charge on any atom is 0.191 e. The molecule has 7 nitrogen and oxygen atoms in total. The minimum absolute atomic E-state index is 0. The molecule has 1 aliphatic heterocycles. The number of halogens is 2. The molecule has 0 radical (unpaired) electrons. The van der Waals surface area contributed by atoms with Gasteiger partial charge in [0.05, 0.1) is 13.1 Å². The van der Waals surface area contributed by atoms with E-state index in [4.69, 9.17) is 16.3 Å². The minimum atomic E-state index is -0.00916. The molecule has 0 saturated carbocycles. The van der Waals surface area contributed by atoms with Crippen LogP contribution in [0.2, 0.25) is 5.02 Å². The molecule has 2 N–H and O–H groups in total. The molecule has 0 spiro atoms. The van der Waals surface area contributed by atoms with Crippen LogP contribution >= 0.6 is 35.6 Å². The molecule has 0 aliphatic carbocycles. The van der Waals surface area contributed by atoms with Gasteiger partial charge in [0.1, 0.15) is 17.7 Å². The van der Waals surface area contributed by atoms with Crippen molar-refractivity contribution in [3.05, 3.63) is 40.9 Å². The third-order valence-corrected chi connectivity index (χ3v) is 4.74. The Morgan fingerprint density at radius 1 is 1.39 bits per heavy atom. The van der Waals surface area contributed by atoms with Crippen molar-refractivity contribution in [2.24, 2.45) is 4.99 Å². The number of nitrogens with zero attached hydrogens (tertiary/aromatic N) is 4. The van der Waals surface area contributed by atoms with Crippen molar-refractivity contribution in [1.82, 2.24) is 25.4 Å². The van der Waals surface area contributed by atoms with Crippen LogP contribution in [0.3, 0.4) is 0 Å². The third-order valence-electron chi connectivity index (χ3n) is 4.49. The van der Waals surface area contributed by atoms with Crippen molar-refractivity contribution < 1.29 is 4.74 Å². The van der Waals surface area contributed by atoms with E-state index in [1.807, 2.05) is 35.9 Å². The highest BCUT2D eigenvalue weighted by molar-refractivity contribution is 14.0. The minimum Gasteiger partial charge on any atom is -0.489 e. The fourth-order valence-electron chi connectivity index (χ4n) is 3.04. The van der Waals surface area contributed by atoms with E-state index in [9.17, 15) is 0 Å². The Hall–Kier alpha value is -1.55. The van der Waals surface area contributed by atoms with E-state index in [-0.39, 0.29) is 36.1 Å². The Morgan fingerprint density at radius 3 is 2.82 bits per heavy atom. The number of hydrogen-bond donors (Lipinski definition) is 2. The average Bonchev–Trinajstić information content (AvgIpc) is 3.09. The van der Waals surface area contributed by atoms with Gasteiger partial charge in [-0.05, 0) is 37.6 Å². The zero-order valence-electron chi connectivity index (χ0n) is 16.5. The van der Waals surface area contributed by atoms with E-state index in [0.717, 1.165) is 49.2 Å². The SMILES string of the molecule is CCc1nc2n(n1)CC(NC(=NC)NCC(C)Oc1ccc(Cl)cc1)CC2.I. The van der Waals surface area contributed by atoms with Gasteiger partial charge in [0.2, 0.25) is 0 Å². The largest absolute Gasteiger partial charge is 0.489 e. The zero-order valence-corrected chi connectivity index (χ0v) is 19.6. The smallest absolute Gasteiger partial charge is 0.191 e. The first kappa shape index (κ1) is 22.7. The van der Waals surface area contributed by atoms with Crippen LogP contribution in [0, 0.1) is 0 Å². The lowest BCUT2D eigenvalue weighted by atomic mass is 10.1. The molecule has 2 atom stereocenters. The second-order valence-electron chi connectivity index (χ2n) is 6.70. The highest BCUT2D eigenvalue weighted by Crippen LogP contribution is 2.16. The number of aromatic nitrogens is 3. The number of hydrogen-bond acceptors (Lipinski definition) is 4. The Kier molecular flexibility index (Phi) is 8.81. The van der Waals surface area contributed by atoms with Crippen molar-refractivity contribution in [3.63, 3.8) is 0 Å². The first-order valence-electron chi connectivity index (χ1n) is 9.39. The maximum absolute atomic E-state index is 5.90. The molecule has 2 unspecified atom stereocenters. The molecule has 2 aromatic rings. The Balaban J connectivity index is 0.00000280. The quantitative estimate of drug-likeness (QED) is 0.349. The van der Waals surface area contributed by atoms with Crippen LogP contribution in [0.4, 0.5) is 0 Å². The molecule has 9 heteroatoms. The summed E-state index contributed by atoms with van der Waals surface area (Å²) in [7, 11) is 1.78. The fraction of sp³-hybridized carbons (Fsp3) is 0.526. The second kappa shape index (κ2) is 10.8. The van der Waals surface area contributed by atoms with E-state index < -0.39 is 0 Å². The van der Waals surface area contributed by atoms with Gasteiger partial charge in [-0.3, -0.25) is 4.99 Å². The Bertz CT molecular complexity index is 779. The first-order chi connectivity index (χ1) is 13.1. The van der Waals surface area contributed by atoms with Crippen LogP contribution in [-0.2, 0) is 19.4 Å². The molecular formula is C19H28ClIN6O. The van der Waals surface area contributed by atoms with Gasteiger partial charge in [0, 0.05) is 31.0 Å². The lowest BCUT2D eigenvalue weighted by Gasteiger charge is -2.26. The summed E-state index contributed by atoms with van der Waals surface area (Å²) in [6.07, 6.45) is 2.80. The highest BCUT2D eigenvalue weighted by atomic mass is 127. The normalized spacial score (nSPS) is 17.3. The average molecular weight is 519 g/mol. The van der Waals surface area contributed by atoms with E-state index in [1.54, 1.807) is 7.05 Å². The molecule has 0 amide bonds. The van der Waals surface area contributed by atoms with Crippen molar-refractivity contribution >= 4 is 41.5 Å². The summed E-state index contributed by atoms with van der Waals surface area (Å²) in [5.74, 6) is 3.57. The summed E-state index contributed by atoms with van der Waals surface area (Å²) in [5.41, 5.74) is 0. The highest BCUT2D eigenvalue weighted by Gasteiger charge is 2.22. The van der Waals surface area contributed by atoms with Crippen molar-refractivity contribution in [2.45, 2.75) is 51.8 Å². The van der Waals surface area contributed by atoms with Gasteiger partial charge in [-0.25, -0.2) is 9.67 Å². The molecular weight excluding hydrogens is 491 g/mol. The van der Waals surface area contributed by atoms with Gasteiger partial charge in [-0.15, -0.1) is 24.0 Å². The fourth-order valence-corrected chi connectivity index (χ4v) is 3.17. The van der Waals surface area contributed by atoms with E-state index in [1.165, 1.54) is 0 Å². The summed E-state index contributed by atoms with van der Waals surface area (Å²) in [4.78, 5) is 8.89.